The van der Waals surface area contributed by atoms with Gasteiger partial charge in [-0.15, -0.1) is 13.2 Å². The number of ketones is 2. The number of alkyl halides is 3. The molecule has 0 saturated heterocycles. The second kappa shape index (κ2) is 11.7. The van der Waals surface area contributed by atoms with Gasteiger partial charge in [0.2, 0.25) is 5.78 Å². The number of rotatable bonds is 6. The minimum absolute atomic E-state index is 0.0223. The lowest BCUT2D eigenvalue weighted by atomic mass is 9.57. The summed E-state index contributed by atoms with van der Waals surface area (Å²) in [7, 11) is 6.30. The fourth-order valence-electron chi connectivity index (χ4n) is 6.81. The van der Waals surface area contributed by atoms with E-state index < -0.39 is 81.9 Å². The molecule has 0 aliphatic heterocycles. The van der Waals surface area contributed by atoms with E-state index in [2.05, 4.69) is 15.4 Å². The van der Waals surface area contributed by atoms with Gasteiger partial charge in [0.1, 0.15) is 22.8 Å². The van der Waals surface area contributed by atoms with Crippen LogP contribution in [0.1, 0.15) is 17.5 Å². The summed E-state index contributed by atoms with van der Waals surface area (Å²) in [4.78, 5) is 55.5. The van der Waals surface area contributed by atoms with Crippen LogP contribution >= 0.6 is 0 Å². The van der Waals surface area contributed by atoms with Crippen molar-refractivity contribution in [2.75, 3.05) is 43.7 Å². The van der Waals surface area contributed by atoms with Crippen LogP contribution in [0.5, 0.6) is 11.5 Å². The molecule has 0 unspecified atom stereocenters. The second-order valence-corrected chi connectivity index (χ2v) is 12.2. The largest absolute Gasteiger partial charge is 0.573 e. The topological polar surface area (TPSA) is 215 Å². The van der Waals surface area contributed by atoms with Crippen LogP contribution in [-0.4, -0.2) is 95.0 Å². The highest BCUT2D eigenvalue weighted by Crippen LogP contribution is 2.54. The number of ether oxygens (including phenoxy) is 1. The zero-order chi connectivity index (χ0) is 35.6. The molecule has 3 amide bonds. The molecule has 1 fully saturated rings. The van der Waals surface area contributed by atoms with Crippen LogP contribution in [0.25, 0.3) is 5.76 Å². The van der Waals surface area contributed by atoms with Gasteiger partial charge in [-0.1, -0.05) is 0 Å². The molecule has 3 aliphatic rings. The number of phenols is 1. The first-order valence-corrected chi connectivity index (χ1v) is 14.4. The molecule has 0 spiro atoms. The predicted octanol–water partition coefficient (Wildman–Crippen LogP) is 2.57. The number of halogens is 3. The highest BCUT2D eigenvalue weighted by molar-refractivity contribution is 6.24. The molecule has 8 N–H and O–H groups in total. The summed E-state index contributed by atoms with van der Waals surface area (Å²) in [5.74, 6) is -8.62. The number of anilines is 3. The molecule has 17 heteroatoms. The molecule has 0 aromatic heterocycles. The zero-order valence-corrected chi connectivity index (χ0v) is 26.0. The maximum Gasteiger partial charge on any atom is 0.573 e. The number of amides is 3. The van der Waals surface area contributed by atoms with E-state index in [4.69, 9.17) is 5.73 Å². The van der Waals surface area contributed by atoms with Crippen molar-refractivity contribution in [1.82, 2.24) is 4.90 Å². The number of hydrogen-bond acceptors (Lipinski definition) is 11. The maximum atomic E-state index is 14.1. The molecule has 3 aliphatic carbocycles. The summed E-state index contributed by atoms with van der Waals surface area (Å²) in [5, 5.41) is 50.5. The Labute approximate surface area is 270 Å². The Kier molecular flexibility index (Phi) is 8.33. The lowest BCUT2D eigenvalue weighted by molar-refractivity contribution is -0.274. The number of carbonyl (C=O) groups excluding carboxylic acids is 4. The Bertz CT molecular complexity index is 1800. The monoisotopic (exact) mass is 675 g/mol. The van der Waals surface area contributed by atoms with Gasteiger partial charge in [-0.05, 0) is 68.8 Å². The predicted molar refractivity (Wildman–Crippen MR) is 164 cm³/mol. The van der Waals surface area contributed by atoms with Gasteiger partial charge in [0.15, 0.2) is 17.1 Å². The van der Waals surface area contributed by atoms with E-state index in [9.17, 15) is 52.8 Å². The van der Waals surface area contributed by atoms with Crippen LogP contribution in [0.4, 0.5) is 35.0 Å². The number of urea groups is 1. The van der Waals surface area contributed by atoms with Crippen molar-refractivity contribution in [2.24, 2.45) is 17.6 Å². The molecule has 0 heterocycles. The van der Waals surface area contributed by atoms with Crippen molar-refractivity contribution in [3.05, 3.63) is 58.4 Å². The average molecular weight is 676 g/mol. The molecule has 256 valence electrons. The summed E-state index contributed by atoms with van der Waals surface area (Å²) in [6.07, 6.45) is -4.99. The normalized spacial score (nSPS) is 23.7. The van der Waals surface area contributed by atoms with Crippen molar-refractivity contribution in [3.63, 3.8) is 0 Å². The van der Waals surface area contributed by atoms with Gasteiger partial charge in [0.05, 0.1) is 17.3 Å². The van der Waals surface area contributed by atoms with Gasteiger partial charge >= 0.3 is 12.4 Å². The quantitative estimate of drug-likeness (QED) is 0.175. The van der Waals surface area contributed by atoms with Crippen LogP contribution in [0, 0.1) is 11.8 Å². The van der Waals surface area contributed by atoms with Gasteiger partial charge in [-0.25, -0.2) is 4.79 Å². The van der Waals surface area contributed by atoms with Crippen molar-refractivity contribution in [2.45, 2.75) is 30.8 Å². The van der Waals surface area contributed by atoms with E-state index in [-0.39, 0.29) is 35.4 Å². The average Bonchev–Trinajstić information content (AvgIpc) is 2.96. The van der Waals surface area contributed by atoms with Gasteiger partial charge in [0, 0.05) is 37.0 Å². The molecule has 2 aromatic carbocycles. The van der Waals surface area contributed by atoms with Gasteiger partial charge < -0.3 is 46.4 Å². The number of aromatic hydroxyl groups is 1. The Morgan fingerprint density at radius 2 is 1.67 bits per heavy atom. The first-order valence-electron chi connectivity index (χ1n) is 14.4. The highest BCUT2D eigenvalue weighted by atomic mass is 19.4. The Morgan fingerprint density at radius 3 is 2.21 bits per heavy atom. The van der Waals surface area contributed by atoms with E-state index >= 15 is 0 Å². The van der Waals surface area contributed by atoms with E-state index in [1.807, 2.05) is 0 Å². The van der Waals surface area contributed by atoms with Crippen molar-refractivity contribution < 1.29 is 57.5 Å². The third-order valence-electron chi connectivity index (χ3n) is 8.77. The Morgan fingerprint density at radius 1 is 1.04 bits per heavy atom. The fourth-order valence-corrected chi connectivity index (χ4v) is 6.81. The van der Waals surface area contributed by atoms with Crippen LogP contribution in [0.3, 0.4) is 0 Å². The van der Waals surface area contributed by atoms with Crippen LogP contribution in [0.2, 0.25) is 0 Å². The molecule has 48 heavy (non-hydrogen) atoms. The number of aliphatic hydroxyl groups is 3. The fraction of sp³-hybridized carbons (Fsp3) is 0.355. The standard InChI is InChI=1S/C31H32F3N5O9/c1-38(2)18-11-17(37-29(46)36-13-5-7-14(8-6-13)48-31(32,33)34)23(40)20-15(18)9-12-10-16-22(39(3)4)25(42)21(28(35)45)27(44)30(16,47)26(43)19(12)24(20)41/h5-8,11-12,16,22,40-41,44,47H,9-10H2,1-4H3,(H2,35,45)(H2,36,37,46)/t12-,16-,22-,30-/m0/s1. The summed E-state index contributed by atoms with van der Waals surface area (Å²) in [6, 6.07) is 3.50. The molecular weight excluding hydrogens is 643 g/mol. The number of nitrogens with zero attached hydrogens (tertiary/aromatic N) is 2. The van der Waals surface area contributed by atoms with E-state index in [0.29, 0.717) is 11.3 Å². The number of nitrogens with one attached hydrogen (secondary N) is 2. The molecule has 5 rings (SSSR count). The molecular formula is C31H32F3N5O9. The second-order valence-electron chi connectivity index (χ2n) is 12.2. The Hall–Kier alpha value is -5.29. The third-order valence-corrected chi connectivity index (χ3v) is 8.77. The van der Waals surface area contributed by atoms with E-state index in [0.717, 1.165) is 24.3 Å². The smallest absolute Gasteiger partial charge is 0.508 e. The van der Waals surface area contributed by atoms with Gasteiger partial charge in [0.25, 0.3) is 5.91 Å². The number of nitrogens with two attached hydrogens (primary N) is 1. The number of hydrogen-bond donors (Lipinski definition) is 7. The molecule has 0 radical (unpaired) electrons. The summed E-state index contributed by atoms with van der Waals surface area (Å²) in [5.41, 5.74) is 1.60. The summed E-state index contributed by atoms with van der Waals surface area (Å²) in [6.45, 7) is 0. The number of fused-ring (bicyclic) bond motifs is 3. The van der Waals surface area contributed by atoms with Crippen molar-refractivity contribution in [3.8, 4) is 11.5 Å². The molecule has 14 nitrogen and oxygen atoms in total. The number of phenolic OH excluding ortho intramolecular Hbond substituents is 1. The summed E-state index contributed by atoms with van der Waals surface area (Å²) >= 11 is 0. The maximum absolute atomic E-state index is 14.1. The van der Waals surface area contributed by atoms with Crippen LogP contribution in [0.15, 0.2) is 47.2 Å². The minimum atomic E-state index is -4.91. The summed E-state index contributed by atoms with van der Waals surface area (Å²) < 4.78 is 41.2. The van der Waals surface area contributed by atoms with Crippen molar-refractivity contribution >= 4 is 46.3 Å². The first-order chi connectivity index (χ1) is 22.3. The number of benzene rings is 2. The minimum Gasteiger partial charge on any atom is -0.508 e. The number of primary amides is 1. The lowest BCUT2D eigenvalue weighted by Crippen LogP contribution is -2.65. The van der Waals surface area contributed by atoms with Crippen LogP contribution in [-0.2, 0) is 20.8 Å². The third kappa shape index (κ3) is 5.53. The van der Waals surface area contributed by atoms with Gasteiger partial charge in [-0.2, -0.15) is 0 Å². The number of Topliss-reactive ketones (excluding diaryl/α,β-unsaturated/α-hetero) is 2. The highest BCUT2D eigenvalue weighted by Gasteiger charge is 2.64. The first kappa shape index (κ1) is 34.1. The van der Waals surface area contributed by atoms with Crippen molar-refractivity contribution in [1.29, 1.82) is 0 Å². The Balaban J connectivity index is 1.55. The number of aliphatic hydroxyl groups excluding tert-OH is 2. The van der Waals surface area contributed by atoms with E-state index in [1.54, 1.807) is 19.0 Å². The molecule has 2 aromatic rings. The molecule has 4 atom stereocenters. The van der Waals surface area contributed by atoms with Gasteiger partial charge in [-0.3, -0.25) is 19.3 Å². The lowest BCUT2D eigenvalue weighted by Gasteiger charge is -2.50. The number of carbonyl (C=O) groups is 4. The zero-order valence-electron chi connectivity index (χ0n) is 26.0. The molecule has 1 saturated carbocycles. The van der Waals surface area contributed by atoms with E-state index in [1.165, 1.54) is 25.1 Å². The SMILES string of the molecule is CN(C)c1cc(NC(=O)Nc2ccc(OC(F)(F)F)cc2)c(O)c2c1C[C@H]1C[C@H]3[C@H](N(C)C)C(=O)C(C(N)=O)=C(O)[C@@]3(O)C(=O)C1=C2O. The molecule has 0 bridgehead atoms. The number of likely N-dealkylation sites (N-methyl/N-ethyl adjacent to an activating group) is 1. The van der Waals surface area contributed by atoms with Crippen LogP contribution < -0.4 is 26.0 Å².